The van der Waals surface area contributed by atoms with Gasteiger partial charge in [0.2, 0.25) is 0 Å². The van der Waals surface area contributed by atoms with Crippen molar-refractivity contribution in [1.82, 2.24) is 5.32 Å². The lowest BCUT2D eigenvalue weighted by Crippen LogP contribution is -2.53. The molecule has 3 atom stereocenters. The Hall–Kier alpha value is -3.04. The Kier molecular flexibility index (Phi) is 8.63. The van der Waals surface area contributed by atoms with Gasteiger partial charge in [-0.1, -0.05) is 43.7 Å². The molecule has 9 heteroatoms. The minimum atomic E-state index is -4.61. The zero-order valence-electron chi connectivity index (χ0n) is 23.4. The van der Waals surface area contributed by atoms with E-state index in [0.717, 1.165) is 55.5 Å². The van der Waals surface area contributed by atoms with Crippen LogP contribution >= 0.6 is 0 Å². The predicted octanol–water partition coefficient (Wildman–Crippen LogP) is 8.26. The zero-order chi connectivity index (χ0) is 30.1. The second-order valence-corrected chi connectivity index (χ2v) is 11.5. The van der Waals surface area contributed by atoms with Gasteiger partial charge in [-0.15, -0.1) is 0 Å². The molecule has 3 nitrogen and oxygen atoms in total. The first-order valence-electron chi connectivity index (χ1n) is 14.5. The molecular formula is C33H35F6NO2. The number of alkyl halides is 6. The molecule has 2 bridgehead atoms. The molecule has 0 saturated carbocycles. The maximum absolute atomic E-state index is 13.9. The van der Waals surface area contributed by atoms with Gasteiger partial charge in [-0.05, 0) is 103 Å². The van der Waals surface area contributed by atoms with Gasteiger partial charge in [0.1, 0.15) is 11.4 Å². The Labute approximate surface area is 241 Å². The first kappa shape index (κ1) is 30.4. The standard InChI is InChI=1S/C33H35F6NO2/c1-2-16-42-29-13-6-21(7-14-29)17-22-18-25(33(37,38)39)12-15-30(22)31(41,23-8-10-24(11-9-23)32(34,35)36)26-19-27-4-3-5-28(20-26)40-27/h6-15,18,26-28,40-41H,2-5,16-17,19-20H2,1H3. The van der Waals surface area contributed by atoms with E-state index in [-0.39, 0.29) is 35.2 Å². The fourth-order valence-corrected chi connectivity index (χ4v) is 6.56. The van der Waals surface area contributed by atoms with E-state index in [1.165, 1.54) is 18.2 Å². The Bertz CT molecular complexity index is 1340. The number of piperidine rings is 2. The van der Waals surface area contributed by atoms with Crippen LogP contribution in [0.1, 0.15) is 78.8 Å². The van der Waals surface area contributed by atoms with Crippen molar-refractivity contribution < 1.29 is 36.2 Å². The smallest absolute Gasteiger partial charge is 0.416 e. The minimum Gasteiger partial charge on any atom is -0.494 e. The van der Waals surface area contributed by atoms with Crippen LogP contribution in [0.5, 0.6) is 5.75 Å². The third kappa shape index (κ3) is 6.47. The third-order valence-electron chi connectivity index (χ3n) is 8.59. The molecular weight excluding hydrogens is 556 g/mol. The van der Waals surface area contributed by atoms with E-state index in [9.17, 15) is 31.4 Å². The molecule has 3 aromatic carbocycles. The molecule has 0 radical (unpaired) electrons. The van der Waals surface area contributed by atoms with E-state index in [1.54, 1.807) is 24.3 Å². The lowest BCUT2D eigenvalue weighted by molar-refractivity contribution is -0.138. The number of aliphatic hydroxyl groups is 1. The Morgan fingerprint density at radius 2 is 1.36 bits per heavy atom. The van der Waals surface area contributed by atoms with Gasteiger partial charge in [-0.25, -0.2) is 0 Å². The summed E-state index contributed by atoms with van der Waals surface area (Å²) in [4.78, 5) is 0. The van der Waals surface area contributed by atoms with Crippen molar-refractivity contribution in [2.75, 3.05) is 6.61 Å². The van der Waals surface area contributed by atoms with Crippen molar-refractivity contribution in [3.05, 3.63) is 100 Å². The lowest BCUT2D eigenvalue weighted by Gasteiger charge is -2.47. The van der Waals surface area contributed by atoms with Crippen molar-refractivity contribution >= 4 is 0 Å². The number of rotatable bonds is 8. The van der Waals surface area contributed by atoms with Gasteiger partial charge in [0.25, 0.3) is 0 Å². The molecule has 2 fully saturated rings. The van der Waals surface area contributed by atoms with Gasteiger partial charge in [0, 0.05) is 12.1 Å². The van der Waals surface area contributed by atoms with Crippen LogP contribution in [-0.2, 0) is 24.4 Å². The largest absolute Gasteiger partial charge is 0.494 e. The average Bonchev–Trinajstić information content (AvgIpc) is 2.95. The molecule has 2 aliphatic heterocycles. The van der Waals surface area contributed by atoms with Crippen molar-refractivity contribution in [2.45, 2.75) is 81.9 Å². The maximum atomic E-state index is 13.9. The summed E-state index contributed by atoms with van der Waals surface area (Å²) < 4.78 is 87.6. The third-order valence-corrected chi connectivity index (χ3v) is 8.59. The monoisotopic (exact) mass is 591 g/mol. The average molecular weight is 592 g/mol. The number of ether oxygens (including phenoxy) is 1. The highest BCUT2D eigenvalue weighted by Gasteiger charge is 2.47. The fraction of sp³-hybridized carbons (Fsp3) is 0.455. The molecule has 42 heavy (non-hydrogen) atoms. The van der Waals surface area contributed by atoms with Gasteiger partial charge < -0.3 is 15.2 Å². The van der Waals surface area contributed by atoms with Gasteiger partial charge in [0.05, 0.1) is 17.7 Å². The van der Waals surface area contributed by atoms with Crippen LogP contribution in [0.4, 0.5) is 26.3 Å². The van der Waals surface area contributed by atoms with Crippen LogP contribution in [0.25, 0.3) is 0 Å². The number of hydrogen-bond acceptors (Lipinski definition) is 3. The molecule has 2 N–H and O–H groups in total. The SMILES string of the molecule is CCCOc1ccc(Cc2cc(C(F)(F)F)ccc2C(O)(c2ccc(C(F)(F)F)cc2)C2CC3CCCC(C2)N3)cc1. The first-order valence-corrected chi connectivity index (χ1v) is 14.5. The highest BCUT2D eigenvalue weighted by atomic mass is 19.4. The number of halogens is 6. The summed E-state index contributed by atoms with van der Waals surface area (Å²) >= 11 is 0. The predicted molar refractivity (Wildman–Crippen MR) is 148 cm³/mol. The van der Waals surface area contributed by atoms with Crippen LogP contribution in [-0.4, -0.2) is 23.8 Å². The Balaban J connectivity index is 1.62. The Morgan fingerprint density at radius 1 is 0.786 bits per heavy atom. The van der Waals surface area contributed by atoms with E-state index in [4.69, 9.17) is 4.74 Å². The summed E-state index contributed by atoms with van der Waals surface area (Å²) in [6.07, 6.45) is -4.29. The normalized spacial score (nSPS) is 22.4. The first-order chi connectivity index (χ1) is 19.9. The molecule has 0 amide bonds. The minimum absolute atomic E-state index is 0.0914. The molecule has 226 valence electrons. The summed E-state index contributed by atoms with van der Waals surface area (Å²) in [5, 5.41) is 16.3. The summed E-state index contributed by atoms with van der Waals surface area (Å²) in [7, 11) is 0. The Morgan fingerprint density at radius 3 is 1.93 bits per heavy atom. The lowest BCUT2D eigenvalue weighted by atomic mass is 9.66. The molecule has 0 aliphatic carbocycles. The molecule has 2 heterocycles. The van der Waals surface area contributed by atoms with Crippen molar-refractivity contribution in [2.24, 2.45) is 5.92 Å². The van der Waals surface area contributed by atoms with Gasteiger partial charge in [-0.3, -0.25) is 0 Å². The molecule has 2 saturated heterocycles. The number of benzene rings is 3. The van der Waals surface area contributed by atoms with Crippen molar-refractivity contribution in [3.8, 4) is 5.75 Å². The molecule has 3 unspecified atom stereocenters. The van der Waals surface area contributed by atoms with E-state index < -0.39 is 35.0 Å². The topological polar surface area (TPSA) is 41.5 Å². The van der Waals surface area contributed by atoms with Crippen LogP contribution in [0.3, 0.4) is 0 Å². The number of hydrogen-bond donors (Lipinski definition) is 2. The van der Waals surface area contributed by atoms with Crippen LogP contribution < -0.4 is 10.1 Å². The molecule has 2 aliphatic rings. The molecule has 5 rings (SSSR count). The zero-order valence-corrected chi connectivity index (χ0v) is 23.4. The van der Waals surface area contributed by atoms with Crippen LogP contribution in [0.15, 0.2) is 66.7 Å². The van der Waals surface area contributed by atoms with E-state index in [0.29, 0.717) is 25.2 Å². The molecule has 3 aromatic rings. The number of nitrogens with one attached hydrogen (secondary N) is 1. The fourth-order valence-electron chi connectivity index (χ4n) is 6.56. The quantitative estimate of drug-likeness (QED) is 0.259. The van der Waals surface area contributed by atoms with Gasteiger partial charge in [0.15, 0.2) is 0 Å². The van der Waals surface area contributed by atoms with E-state index in [2.05, 4.69) is 5.32 Å². The summed E-state index contributed by atoms with van der Waals surface area (Å²) in [6, 6.07) is 15.0. The molecule has 0 aromatic heterocycles. The van der Waals surface area contributed by atoms with Crippen LogP contribution in [0.2, 0.25) is 0 Å². The second kappa shape index (κ2) is 11.9. The van der Waals surface area contributed by atoms with Crippen molar-refractivity contribution in [3.63, 3.8) is 0 Å². The summed E-state index contributed by atoms with van der Waals surface area (Å²) in [6.45, 7) is 2.52. The van der Waals surface area contributed by atoms with E-state index >= 15 is 0 Å². The van der Waals surface area contributed by atoms with Gasteiger partial charge >= 0.3 is 12.4 Å². The van der Waals surface area contributed by atoms with Gasteiger partial charge in [-0.2, -0.15) is 26.3 Å². The van der Waals surface area contributed by atoms with Crippen LogP contribution in [0, 0.1) is 5.92 Å². The van der Waals surface area contributed by atoms with Crippen molar-refractivity contribution in [1.29, 1.82) is 0 Å². The molecule has 0 spiro atoms. The van der Waals surface area contributed by atoms with E-state index in [1.807, 2.05) is 6.92 Å². The highest BCUT2D eigenvalue weighted by Crippen LogP contribution is 2.48. The second-order valence-electron chi connectivity index (χ2n) is 11.5. The summed E-state index contributed by atoms with van der Waals surface area (Å²) in [5.74, 6) is 0.235. The highest BCUT2D eigenvalue weighted by molar-refractivity contribution is 5.47. The summed E-state index contributed by atoms with van der Waals surface area (Å²) in [5.41, 5.74) is -1.98. The maximum Gasteiger partial charge on any atom is 0.416 e. The number of fused-ring (bicyclic) bond motifs is 2.